The van der Waals surface area contributed by atoms with Crippen LogP contribution in [0.4, 0.5) is 0 Å². The lowest BCUT2D eigenvalue weighted by molar-refractivity contribution is -0.116. The quantitative estimate of drug-likeness (QED) is 0.620. The highest BCUT2D eigenvalue weighted by Crippen LogP contribution is 2.36. The van der Waals surface area contributed by atoms with E-state index in [9.17, 15) is 4.79 Å². The van der Waals surface area contributed by atoms with E-state index >= 15 is 0 Å². The van der Waals surface area contributed by atoms with Crippen molar-refractivity contribution in [2.24, 2.45) is 10.1 Å². The van der Waals surface area contributed by atoms with Gasteiger partial charge in [-0.2, -0.15) is 0 Å². The molecule has 0 saturated carbocycles. The van der Waals surface area contributed by atoms with E-state index in [2.05, 4.69) is 33.4 Å². The Hall–Kier alpha value is -2.42. The zero-order valence-electron chi connectivity index (χ0n) is 15.1. The molecule has 3 aromatic rings. The molecule has 5 nitrogen and oxygen atoms in total. The molecule has 0 aliphatic carbocycles. The van der Waals surface area contributed by atoms with Gasteiger partial charge in [-0.3, -0.25) is 15.1 Å². The molecular weight excluding hydrogens is 468 g/mol. The van der Waals surface area contributed by atoms with Gasteiger partial charge in [-0.15, -0.1) is 16.4 Å². The zero-order valence-corrected chi connectivity index (χ0v) is 18.3. The number of benzene rings is 2. The Balaban J connectivity index is 1.57. The smallest absolute Gasteiger partial charge is 0.276 e. The van der Waals surface area contributed by atoms with Gasteiger partial charge in [0.1, 0.15) is 5.70 Å². The lowest BCUT2D eigenvalue weighted by Gasteiger charge is -2.33. The molecule has 1 atom stereocenters. The molecule has 0 spiro atoms. The van der Waals surface area contributed by atoms with Crippen LogP contribution >= 0.6 is 39.0 Å². The minimum atomic E-state index is -0.366. The average Bonchev–Trinajstić information content (AvgIpc) is 3.18. The first-order chi connectivity index (χ1) is 14.2. The Morgan fingerprint density at radius 3 is 2.66 bits per heavy atom. The van der Waals surface area contributed by atoms with Crippen LogP contribution in [-0.4, -0.2) is 16.1 Å². The number of nitrogens with one attached hydrogen (secondary N) is 1. The number of hydrogen-bond donors (Lipinski definition) is 1. The highest BCUT2D eigenvalue weighted by atomic mass is 79.9. The molecule has 1 N–H and O–H groups in total. The Labute approximate surface area is 184 Å². The fourth-order valence-corrected chi connectivity index (χ4v) is 5.53. The molecule has 5 rings (SSSR count). The second-order valence-electron chi connectivity index (χ2n) is 6.49. The van der Waals surface area contributed by atoms with Crippen molar-refractivity contribution in [2.45, 2.75) is 11.9 Å². The maximum absolute atomic E-state index is 13.1. The van der Waals surface area contributed by atoms with Crippen LogP contribution in [0.3, 0.4) is 0 Å². The van der Waals surface area contributed by atoms with E-state index in [-0.39, 0.29) is 12.1 Å². The van der Waals surface area contributed by atoms with Crippen molar-refractivity contribution in [3.8, 4) is 0 Å². The topological polar surface area (TPSA) is 57.1 Å². The first kappa shape index (κ1) is 18.6. The number of thiophene rings is 1. The number of carbonyl (C=O) groups is 1. The van der Waals surface area contributed by atoms with E-state index in [1.54, 1.807) is 16.3 Å². The Morgan fingerprint density at radius 2 is 1.86 bits per heavy atom. The van der Waals surface area contributed by atoms with E-state index < -0.39 is 0 Å². The van der Waals surface area contributed by atoms with Crippen molar-refractivity contribution in [1.82, 2.24) is 10.3 Å². The maximum atomic E-state index is 13.1. The number of nitrogens with zero attached hydrogens (tertiary/aromatic N) is 3. The van der Waals surface area contributed by atoms with Gasteiger partial charge >= 0.3 is 0 Å². The molecule has 0 radical (unpaired) electrons. The van der Waals surface area contributed by atoms with Gasteiger partial charge in [0.2, 0.25) is 0 Å². The molecule has 2 aliphatic rings. The van der Waals surface area contributed by atoms with Gasteiger partial charge in [-0.1, -0.05) is 60.3 Å². The van der Waals surface area contributed by atoms with Gasteiger partial charge in [0.15, 0.2) is 11.3 Å². The second-order valence-corrected chi connectivity index (χ2v) is 9.95. The molecule has 1 aromatic heterocycles. The summed E-state index contributed by atoms with van der Waals surface area (Å²) in [4.78, 5) is 19.0. The van der Waals surface area contributed by atoms with Gasteiger partial charge in [-0.05, 0) is 39.7 Å². The summed E-state index contributed by atoms with van der Waals surface area (Å²) in [7, 11) is 0. The van der Waals surface area contributed by atoms with E-state index in [1.165, 1.54) is 17.3 Å². The second kappa shape index (κ2) is 7.78. The molecule has 0 bridgehead atoms. The molecule has 0 fully saturated rings. The minimum Gasteiger partial charge on any atom is -0.298 e. The summed E-state index contributed by atoms with van der Waals surface area (Å²) < 4.78 is 1.02. The number of rotatable bonds is 3. The predicted octanol–water partition coefficient (Wildman–Crippen LogP) is 3.59. The number of hydrazone groups is 1. The van der Waals surface area contributed by atoms with E-state index in [0.29, 0.717) is 10.9 Å². The third-order valence-corrected chi connectivity index (χ3v) is 7.18. The lowest BCUT2D eigenvalue weighted by Crippen LogP contribution is -2.50. The van der Waals surface area contributed by atoms with Crippen LogP contribution in [0.15, 0.2) is 80.6 Å². The molecule has 3 heterocycles. The molecule has 2 aliphatic heterocycles. The third-order valence-electron chi connectivity index (χ3n) is 4.58. The minimum absolute atomic E-state index is 0.154. The molecule has 144 valence electrons. The fourth-order valence-electron chi connectivity index (χ4n) is 3.27. The summed E-state index contributed by atoms with van der Waals surface area (Å²) in [6, 6.07) is 21.9. The van der Waals surface area contributed by atoms with Gasteiger partial charge in [-0.25, -0.2) is 5.01 Å². The van der Waals surface area contributed by atoms with E-state index in [0.717, 1.165) is 25.0 Å². The van der Waals surface area contributed by atoms with Crippen molar-refractivity contribution < 1.29 is 4.79 Å². The summed E-state index contributed by atoms with van der Waals surface area (Å²) in [6.07, 6.45) is -0.366. The molecule has 8 heteroatoms. The number of fused-ring (bicyclic) bond motifs is 2. The first-order valence-corrected chi connectivity index (χ1v) is 11.6. The highest BCUT2D eigenvalue weighted by Gasteiger charge is 2.35. The van der Waals surface area contributed by atoms with Crippen LogP contribution in [-0.2, 0) is 10.5 Å². The maximum Gasteiger partial charge on any atom is 0.276 e. The third kappa shape index (κ3) is 3.63. The molecule has 1 unspecified atom stereocenters. The molecule has 29 heavy (non-hydrogen) atoms. The number of amides is 1. The number of amidine groups is 1. The summed E-state index contributed by atoms with van der Waals surface area (Å²) in [6.45, 7) is 0. The highest BCUT2D eigenvalue weighted by molar-refractivity contribution is 9.11. The van der Waals surface area contributed by atoms with Crippen LogP contribution in [0.2, 0.25) is 0 Å². The number of thioether (sulfide) groups is 1. The molecule has 1 amide bonds. The Kier molecular flexibility index (Phi) is 4.99. The van der Waals surface area contributed by atoms with Crippen LogP contribution < -0.4 is 15.9 Å². The summed E-state index contributed by atoms with van der Waals surface area (Å²) in [5.74, 6) is 0.574. The van der Waals surface area contributed by atoms with Gasteiger partial charge < -0.3 is 0 Å². The summed E-state index contributed by atoms with van der Waals surface area (Å²) in [5.41, 5.74) is 1.71. The van der Waals surface area contributed by atoms with Crippen molar-refractivity contribution >= 4 is 55.8 Å². The van der Waals surface area contributed by atoms with E-state index in [1.807, 2.05) is 54.6 Å². The van der Waals surface area contributed by atoms with Crippen LogP contribution in [0.5, 0.6) is 0 Å². The molecular formula is C21H15BrN4OS2. The van der Waals surface area contributed by atoms with Gasteiger partial charge in [0.05, 0.1) is 14.0 Å². The standard InChI is InChI=1S/C21H15BrN4OS2/c22-17-11-10-16(29-17)19-23-15-9-5-4-8-14(15)18-20(27)24-21(25-26(18)19)28-12-13-6-2-1-3-7-13/h1-11,19H,12H2,(H,24,25,27). The van der Waals surface area contributed by atoms with Gasteiger partial charge in [0, 0.05) is 11.0 Å². The van der Waals surface area contributed by atoms with Crippen molar-refractivity contribution in [3.63, 3.8) is 0 Å². The Bertz CT molecular complexity index is 1240. The predicted molar refractivity (Wildman–Crippen MR) is 121 cm³/mol. The Morgan fingerprint density at radius 1 is 1.07 bits per heavy atom. The number of carbonyl (C=O) groups excluding carboxylic acids is 1. The molecule has 2 aromatic carbocycles. The summed E-state index contributed by atoms with van der Waals surface area (Å²) >= 11 is 6.63. The van der Waals surface area contributed by atoms with Crippen LogP contribution in [0, 0.1) is 0 Å². The van der Waals surface area contributed by atoms with Gasteiger partial charge in [0.25, 0.3) is 5.91 Å². The fraction of sp³-hybridized carbons (Fsp3) is 0.0952. The molecule has 0 saturated heterocycles. The first-order valence-electron chi connectivity index (χ1n) is 8.97. The zero-order chi connectivity index (χ0) is 19.8. The average molecular weight is 483 g/mol. The SMILES string of the molecule is O=C1NC(SCc2ccccc2)=NN2C1=c1ccccc1=NC2c1ccc(Br)s1. The van der Waals surface area contributed by atoms with Crippen molar-refractivity contribution in [3.05, 3.63) is 91.5 Å². The number of hydrogen-bond acceptors (Lipinski definition) is 6. The largest absolute Gasteiger partial charge is 0.298 e. The lowest BCUT2D eigenvalue weighted by atomic mass is 10.1. The van der Waals surface area contributed by atoms with Crippen LogP contribution in [0.1, 0.15) is 16.6 Å². The van der Waals surface area contributed by atoms with Crippen LogP contribution in [0.25, 0.3) is 5.70 Å². The number of halogens is 1. The van der Waals surface area contributed by atoms with Crippen molar-refractivity contribution in [2.75, 3.05) is 0 Å². The monoisotopic (exact) mass is 482 g/mol. The normalized spacial score (nSPS) is 17.8. The van der Waals surface area contributed by atoms with E-state index in [4.69, 9.17) is 10.1 Å². The summed E-state index contributed by atoms with van der Waals surface area (Å²) in [5, 5.41) is 11.7. The van der Waals surface area contributed by atoms with Crippen molar-refractivity contribution in [1.29, 1.82) is 0 Å². The number of para-hydroxylation sites is 1.